The fourth-order valence-electron chi connectivity index (χ4n) is 7.94. The van der Waals surface area contributed by atoms with Gasteiger partial charge in [0, 0.05) is 19.3 Å². The lowest BCUT2D eigenvalue weighted by Crippen LogP contribution is -2.30. The van der Waals surface area contributed by atoms with Crippen LogP contribution in [0, 0.1) is 0 Å². The lowest BCUT2D eigenvalue weighted by atomic mass is 10.0. The van der Waals surface area contributed by atoms with E-state index in [0.717, 1.165) is 77.0 Å². The monoisotopic (exact) mass is 935 g/mol. The van der Waals surface area contributed by atoms with E-state index in [1.807, 2.05) is 0 Å². The molecule has 6 heteroatoms. The van der Waals surface area contributed by atoms with Gasteiger partial charge >= 0.3 is 17.9 Å². The van der Waals surface area contributed by atoms with Gasteiger partial charge in [0.2, 0.25) is 0 Å². The van der Waals surface area contributed by atoms with E-state index in [1.54, 1.807) is 0 Å². The lowest BCUT2D eigenvalue weighted by molar-refractivity contribution is -0.167. The molecule has 0 aromatic rings. The Kier molecular flexibility index (Phi) is 52.8. The molecule has 1 atom stereocenters. The molecule has 0 spiro atoms. The summed E-state index contributed by atoms with van der Waals surface area (Å²) in [4.78, 5) is 38.1. The van der Waals surface area contributed by atoms with Gasteiger partial charge in [0.05, 0.1) is 0 Å². The van der Waals surface area contributed by atoms with Crippen molar-refractivity contribution >= 4 is 17.9 Å². The van der Waals surface area contributed by atoms with Crippen molar-refractivity contribution in [2.75, 3.05) is 13.2 Å². The smallest absolute Gasteiger partial charge is 0.306 e. The first-order valence-corrected chi connectivity index (χ1v) is 28.4. The Labute approximate surface area is 414 Å². The van der Waals surface area contributed by atoms with E-state index < -0.39 is 6.10 Å². The maximum Gasteiger partial charge on any atom is 0.306 e. The highest BCUT2D eigenvalue weighted by Crippen LogP contribution is 2.15. The second-order valence-electron chi connectivity index (χ2n) is 18.8. The zero-order chi connectivity index (χ0) is 48.6. The first kappa shape index (κ1) is 63.8. The molecule has 0 fully saturated rings. The summed E-state index contributed by atoms with van der Waals surface area (Å²) in [7, 11) is 0. The van der Waals surface area contributed by atoms with Gasteiger partial charge in [0.25, 0.3) is 0 Å². The number of ether oxygens (including phenoxy) is 3. The Morgan fingerprint density at radius 1 is 0.313 bits per heavy atom. The Hall–Kier alpha value is -3.15. The predicted molar refractivity (Wildman–Crippen MR) is 288 cm³/mol. The molecule has 0 saturated heterocycles. The number of carbonyl (C=O) groups is 3. The van der Waals surface area contributed by atoms with Crippen LogP contribution in [0.4, 0.5) is 0 Å². The van der Waals surface area contributed by atoms with E-state index in [9.17, 15) is 14.4 Å². The Morgan fingerprint density at radius 3 is 0.970 bits per heavy atom. The van der Waals surface area contributed by atoms with E-state index in [0.29, 0.717) is 19.3 Å². The number of rotatable bonds is 51. The van der Waals surface area contributed by atoms with Crippen LogP contribution >= 0.6 is 0 Å². The zero-order valence-electron chi connectivity index (χ0n) is 44.2. The highest BCUT2D eigenvalue weighted by molar-refractivity contribution is 5.71. The summed E-state index contributed by atoms with van der Waals surface area (Å²) in [5.41, 5.74) is 0. The van der Waals surface area contributed by atoms with Crippen LogP contribution in [-0.4, -0.2) is 37.2 Å². The molecule has 0 N–H and O–H groups in total. The third kappa shape index (κ3) is 53.7. The summed E-state index contributed by atoms with van der Waals surface area (Å²) in [6.07, 6.45) is 70.4. The van der Waals surface area contributed by atoms with Crippen LogP contribution in [0.2, 0.25) is 0 Å². The molecule has 0 aromatic heterocycles. The van der Waals surface area contributed by atoms with Crippen LogP contribution in [0.3, 0.4) is 0 Å². The van der Waals surface area contributed by atoms with Crippen LogP contribution in [0.5, 0.6) is 0 Å². The SMILES string of the molecule is CC/C=C\C/C=C\C/C=C\C/C=C\C/C=C\CCCC(=O)O[C@H](COC(=O)CCCCCCCCCCC/C=C\CCCCCCCC)COC(=O)CCCCCCCCCCCCCCC. The molecule has 0 radical (unpaired) electrons. The number of hydrogen-bond donors (Lipinski definition) is 0. The summed E-state index contributed by atoms with van der Waals surface area (Å²) >= 11 is 0. The Balaban J connectivity index is 4.43. The average molecular weight is 936 g/mol. The van der Waals surface area contributed by atoms with Crippen molar-refractivity contribution in [1.82, 2.24) is 0 Å². The van der Waals surface area contributed by atoms with Gasteiger partial charge in [0.1, 0.15) is 13.2 Å². The lowest BCUT2D eigenvalue weighted by Gasteiger charge is -2.18. The number of esters is 3. The molecule has 6 nitrogen and oxygen atoms in total. The minimum atomic E-state index is -0.804. The Bertz CT molecular complexity index is 1260. The molecular weight excluding hydrogens is 829 g/mol. The van der Waals surface area contributed by atoms with Crippen molar-refractivity contribution in [3.63, 3.8) is 0 Å². The van der Waals surface area contributed by atoms with Crippen LogP contribution in [-0.2, 0) is 28.6 Å². The summed E-state index contributed by atoms with van der Waals surface area (Å²) in [5, 5.41) is 0. The van der Waals surface area contributed by atoms with Gasteiger partial charge < -0.3 is 14.2 Å². The van der Waals surface area contributed by atoms with Crippen LogP contribution in [0.25, 0.3) is 0 Å². The first-order valence-electron chi connectivity index (χ1n) is 28.4. The molecule has 0 amide bonds. The number of allylic oxidation sites excluding steroid dienone is 12. The van der Waals surface area contributed by atoms with E-state index >= 15 is 0 Å². The van der Waals surface area contributed by atoms with Gasteiger partial charge in [-0.25, -0.2) is 0 Å². The molecule has 0 unspecified atom stereocenters. The molecule has 0 rings (SSSR count). The summed E-state index contributed by atoms with van der Waals surface area (Å²) < 4.78 is 16.8. The molecule has 0 aliphatic rings. The molecule has 0 bridgehead atoms. The molecule has 0 aliphatic heterocycles. The van der Waals surface area contributed by atoms with Gasteiger partial charge in [-0.05, 0) is 83.5 Å². The largest absolute Gasteiger partial charge is 0.462 e. The van der Waals surface area contributed by atoms with Gasteiger partial charge in [-0.2, -0.15) is 0 Å². The normalized spacial score (nSPS) is 12.6. The van der Waals surface area contributed by atoms with Gasteiger partial charge in [-0.3, -0.25) is 14.4 Å². The second-order valence-corrected chi connectivity index (χ2v) is 18.8. The maximum atomic E-state index is 12.8. The quantitative estimate of drug-likeness (QED) is 0.0262. The molecule has 0 aromatic carbocycles. The Morgan fingerprint density at radius 2 is 0.597 bits per heavy atom. The third-order valence-electron chi connectivity index (χ3n) is 12.2. The summed E-state index contributed by atoms with van der Waals surface area (Å²) in [6, 6.07) is 0. The van der Waals surface area contributed by atoms with Crippen molar-refractivity contribution in [2.45, 2.75) is 284 Å². The number of carbonyl (C=O) groups excluding carboxylic acids is 3. The average Bonchev–Trinajstić information content (AvgIpc) is 3.33. The van der Waals surface area contributed by atoms with Crippen LogP contribution in [0.15, 0.2) is 72.9 Å². The molecule has 386 valence electrons. The number of hydrogen-bond acceptors (Lipinski definition) is 6. The fourth-order valence-corrected chi connectivity index (χ4v) is 7.94. The fraction of sp³-hybridized carbons (Fsp3) is 0.754. The van der Waals surface area contributed by atoms with E-state index in [2.05, 4.69) is 93.7 Å². The number of unbranched alkanes of at least 4 members (excludes halogenated alkanes) is 28. The maximum absolute atomic E-state index is 12.8. The van der Waals surface area contributed by atoms with Gasteiger partial charge in [-0.1, -0.05) is 248 Å². The van der Waals surface area contributed by atoms with E-state index in [1.165, 1.54) is 154 Å². The van der Waals surface area contributed by atoms with Crippen molar-refractivity contribution in [3.8, 4) is 0 Å². The first-order chi connectivity index (χ1) is 33.0. The minimum Gasteiger partial charge on any atom is -0.462 e. The molecule has 0 heterocycles. The highest BCUT2D eigenvalue weighted by atomic mass is 16.6. The topological polar surface area (TPSA) is 78.9 Å². The summed E-state index contributed by atoms with van der Waals surface area (Å²) in [6.45, 7) is 6.49. The molecular formula is C61H106O6. The minimum absolute atomic E-state index is 0.0962. The summed E-state index contributed by atoms with van der Waals surface area (Å²) in [5.74, 6) is -0.949. The molecule has 67 heavy (non-hydrogen) atoms. The van der Waals surface area contributed by atoms with Crippen LogP contribution in [0.1, 0.15) is 278 Å². The van der Waals surface area contributed by atoms with Gasteiger partial charge in [-0.15, -0.1) is 0 Å². The van der Waals surface area contributed by atoms with Crippen molar-refractivity contribution in [3.05, 3.63) is 72.9 Å². The van der Waals surface area contributed by atoms with Crippen LogP contribution < -0.4 is 0 Å². The van der Waals surface area contributed by atoms with Crippen molar-refractivity contribution in [2.24, 2.45) is 0 Å². The standard InChI is InChI=1S/C61H106O6/c1-4-7-10-13-16-19-22-25-27-29-30-32-33-36-39-42-45-48-51-54-60(63)66-57-58(56-65-59(62)53-50-47-44-41-38-35-24-21-18-15-12-9-6-3)67-61(64)55-52-49-46-43-40-37-34-31-28-26-23-20-17-14-11-8-5-2/h8,11,17,20,25-28,34,37,43,46,58H,4-7,9-10,12-16,18-19,21-24,29-33,35-36,38-42,44-45,47-57H2,1-3H3/b11-8-,20-17-,27-25-,28-26-,37-34-,46-43-/t58-/m0/s1. The zero-order valence-corrected chi connectivity index (χ0v) is 44.2. The third-order valence-corrected chi connectivity index (χ3v) is 12.2. The van der Waals surface area contributed by atoms with Crippen molar-refractivity contribution < 1.29 is 28.6 Å². The van der Waals surface area contributed by atoms with E-state index in [4.69, 9.17) is 14.2 Å². The van der Waals surface area contributed by atoms with Gasteiger partial charge in [0.15, 0.2) is 6.10 Å². The van der Waals surface area contributed by atoms with E-state index in [-0.39, 0.29) is 37.5 Å². The second kappa shape index (κ2) is 55.4. The predicted octanol–water partition coefficient (Wildman–Crippen LogP) is 19.0. The molecule has 0 aliphatic carbocycles. The van der Waals surface area contributed by atoms with Crippen molar-refractivity contribution in [1.29, 1.82) is 0 Å². The highest BCUT2D eigenvalue weighted by Gasteiger charge is 2.19. The molecule has 0 saturated carbocycles.